The van der Waals surface area contributed by atoms with Crippen LogP contribution in [-0.2, 0) is 16.3 Å². The van der Waals surface area contributed by atoms with Crippen molar-refractivity contribution in [2.45, 2.75) is 38.4 Å². The molecule has 0 aliphatic carbocycles. The molecule has 28 heavy (non-hydrogen) atoms. The Bertz CT molecular complexity index is 1010. The number of rotatable bonds is 5. The Morgan fingerprint density at radius 3 is 2.68 bits per heavy atom. The predicted molar refractivity (Wildman–Crippen MR) is 113 cm³/mol. The van der Waals surface area contributed by atoms with Gasteiger partial charge in [-0.05, 0) is 56.2 Å². The Kier molecular flexibility index (Phi) is 5.13. The number of hydrogen-bond acceptors (Lipinski definition) is 4. The number of nitrogens with zero attached hydrogens (tertiary/aromatic N) is 2. The smallest absolute Gasteiger partial charge is 0.266 e. The third-order valence-corrected chi connectivity index (χ3v) is 5.92. The number of aryl methyl sites for hydroxylation is 2. The highest BCUT2D eigenvalue weighted by atomic mass is 32.2. The minimum atomic E-state index is -0.616. The number of carbonyl (C=O) groups excluding carboxylic acids is 1. The third-order valence-electron chi connectivity index (χ3n) is 4.95. The standard InChI is InChI=1S/C22H23N3O2S/c1-14-9-10-17(11-15(14)2)25-21(19-12-28-13-20(19)24-25)23-22(26)16(3)27-18-7-5-4-6-8-18/h4-11,16H,12-13H2,1-3H3,(H,23,26)/t16-/m0/s1. The first-order chi connectivity index (χ1) is 13.5. The molecular formula is C22H23N3O2S. The fraction of sp³-hybridized carbons (Fsp3) is 0.273. The highest BCUT2D eigenvalue weighted by Crippen LogP contribution is 2.36. The number of hydrogen-bond donors (Lipinski definition) is 1. The van der Waals surface area contributed by atoms with E-state index in [0.717, 1.165) is 34.3 Å². The van der Waals surface area contributed by atoms with Crippen LogP contribution in [0.25, 0.3) is 5.69 Å². The van der Waals surface area contributed by atoms with Crippen LogP contribution in [0.2, 0.25) is 0 Å². The number of benzene rings is 2. The third kappa shape index (κ3) is 3.64. The van der Waals surface area contributed by atoms with Crippen molar-refractivity contribution in [1.82, 2.24) is 9.78 Å². The van der Waals surface area contributed by atoms with E-state index in [1.165, 1.54) is 11.1 Å². The molecule has 1 aliphatic heterocycles. The zero-order valence-corrected chi connectivity index (χ0v) is 17.0. The zero-order chi connectivity index (χ0) is 19.7. The van der Waals surface area contributed by atoms with E-state index >= 15 is 0 Å². The van der Waals surface area contributed by atoms with E-state index in [9.17, 15) is 4.79 Å². The molecule has 1 atom stereocenters. The number of thioether (sulfide) groups is 1. The van der Waals surface area contributed by atoms with Crippen molar-refractivity contribution >= 4 is 23.5 Å². The van der Waals surface area contributed by atoms with Crippen LogP contribution in [-0.4, -0.2) is 21.8 Å². The fourth-order valence-electron chi connectivity index (χ4n) is 3.16. The first-order valence-corrected chi connectivity index (χ1v) is 10.5. The summed E-state index contributed by atoms with van der Waals surface area (Å²) in [5.41, 5.74) is 5.52. The van der Waals surface area contributed by atoms with Gasteiger partial charge in [0.15, 0.2) is 6.10 Å². The molecule has 2 aromatic carbocycles. The Balaban J connectivity index is 1.61. The van der Waals surface area contributed by atoms with E-state index in [1.807, 2.05) is 52.8 Å². The van der Waals surface area contributed by atoms with E-state index in [0.29, 0.717) is 5.75 Å². The van der Waals surface area contributed by atoms with Gasteiger partial charge in [0, 0.05) is 17.1 Å². The van der Waals surface area contributed by atoms with Crippen molar-refractivity contribution in [3.8, 4) is 11.4 Å². The van der Waals surface area contributed by atoms with Gasteiger partial charge in [0.05, 0.1) is 11.4 Å². The van der Waals surface area contributed by atoms with Crippen LogP contribution in [0.1, 0.15) is 29.3 Å². The molecule has 2 heterocycles. The summed E-state index contributed by atoms with van der Waals surface area (Å²) in [5.74, 6) is 2.95. The van der Waals surface area contributed by atoms with Gasteiger partial charge in [-0.15, -0.1) is 0 Å². The molecule has 5 nitrogen and oxygen atoms in total. The molecule has 1 N–H and O–H groups in total. The van der Waals surface area contributed by atoms with E-state index in [2.05, 4.69) is 31.3 Å². The summed E-state index contributed by atoms with van der Waals surface area (Å²) in [7, 11) is 0. The van der Waals surface area contributed by atoms with Crippen molar-refractivity contribution in [3.63, 3.8) is 0 Å². The van der Waals surface area contributed by atoms with E-state index < -0.39 is 6.10 Å². The Morgan fingerprint density at radius 1 is 1.14 bits per heavy atom. The second-order valence-electron chi connectivity index (χ2n) is 7.01. The van der Waals surface area contributed by atoms with E-state index in [4.69, 9.17) is 9.84 Å². The summed E-state index contributed by atoms with van der Waals surface area (Å²) >= 11 is 1.81. The molecule has 1 aliphatic rings. The number of fused-ring (bicyclic) bond motifs is 1. The second kappa shape index (κ2) is 7.72. The molecule has 0 bridgehead atoms. The summed E-state index contributed by atoms with van der Waals surface area (Å²) in [6, 6.07) is 15.6. The second-order valence-corrected chi connectivity index (χ2v) is 8.00. The molecule has 0 fully saturated rings. The summed E-state index contributed by atoms with van der Waals surface area (Å²) in [4.78, 5) is 12.8. The van der Waals surface area contributed by atoms with Crippen molar-refractivity contribution in [1.29, 1.82) is 0 Å². The molecule has 4 rings (SSSR count). The lowest BCUT2D eigenvalue weighted by Gasteiger charge is -2.16. The molecule has 6 heteroatoms. The number of amides is 1. The van der Waals surface area contributed by atoms with Gasteiger partial charge in [-0.1, -0.05) is 24.3 Å². The topological polar surface area (TPSA) is 56.2 Å². The first-order valence-electron chi connectivity index (χ1n) is 9.31. The SMILES string of the molecule is Cc1ccc(-n2nc3c(c2NC(=O)[C@H](C)Oc2ccccc2)CSC3)cc1C. The minimum absolute atomic E-state index is 0.187. The summed E-state index contributed by atoms with van der Waals surface area (Å²) in [6.07, 6.45) is -0.616. The predicted octanol–water partition coefficient (Wildman–Crippen LogP) is 4.64. The van der Waals surface area contributed by atoms with Crippen molar-refractivity contribution < 1.29 is 9.53 Å². The van der Waals surface area contributed by atoms with Gasteiger partial charge in [0.25, 0.3) is 5.91 Å². The Morgan fingerprint density at radius 2 is 1.93 bits per heavy atom. The van der Waals surface area contributed by atoms with Crippen molar-refractivity contribution in [2.75, 3.05) is 5.32 Å². The molecule has 0 saturated heterocycles. The zero-order valence-electron chi connectivity index (χ0n) is 16.2. The molecule has 144 valence electrons. The lowest BCUT2D eigenvalue weighted by atomic mass is 10.1. The molecule has 0 unspecified atom stereocenters. The van der Waals surface area contributed by atoms with Gasteiger partial charge in [-0.2, -0.15) is 16.9 Å². The van der Waals surface area contributed by atoms with E-state index in [-0.39, 0.29) is 5.91 Å². The van der Waals surface area contributed by atoms with E-state index in [1.54, 1.807) is 6.92 Å². The van der Waals surface area contributed by atoms with Gasteiger partial charge < -0.3 is 10.1 Å². The number of para-hydroxylation sites is 1. The molecule has 3 aromatic rings. The van der Waals surface area contributed by atoms with Gasteiger partial charge >= 0.3 is 0 Å². The maximum absolute atomic E-state index is 12.8. The molecule has 0 saturated carbocycles. The summed E-state index contributed by atoms with van der Waals surface area (Å²) in [6.45, 7) is 5.93. The number of aromatic nitrogens is 2. The number of nitrogens with one attached hydrogen (secondary N) is 1. The van der Waals surface area contributed by atoms with Crippen LogP contribution in [0.3, 0.4) is 0 Å². The molecule has 0 radical (unpaired) electrons. The number of carbonyl (C=O) groups is 1. The van der Waals surface area contributed by atoms with Crippen LogP contribution in [0.4, 0.5) is 5.82 Å². The van der Waals surface area contributed by atoms with Crippen LogP contribution < -0.4 is 10.1 Å². The van der Waals surface area contributed by atoms with Gasteiger partial charge in [-0.25, -0.2) is 4.68 Å². The molecular weight excluding hydrogens is 370 g/mol. The molecule has 0 spiro atoms. The normalized spacial score (nSPS) is 13.8. The summed E-state index contributed by atoms with van der Waals surface area (Å²) in [5, 5.41) is 7.84. The Labute approximate surface area is 169 Å². The molecule has 1 amide bonds. The highest BCUT2D eigenvalue weighted by molar-refractivity contribution is 7.98. The fourth-order valence-corrected chi connectivity index (χ4v) is 4.20. The summed E-state index contributed by atoms with van der Waals surface area (Å²) < 4.78 is 7.63. The number of ether oxygens (including phenoxy) is 1. The van der Waals surface area contributed by atoms with Crippen LogP contribution in [0.15, 0.2) is 48.5 Å². The van der Waals surface area contributed by atoms with Gasteiger partial charge in [-0.3, -0.25) is 4.79 Å². The monoisotopic (exact) mass is 393 g/mol. The minimum Gasteiger partial charge on any atom is -0.481 e. The Hall–Kier alpha value is -2.73. The first kappa shape index (κ1) is 18.6. The lowest BCUT2D eigenvalue weighted by Crippen LogP contribution is -2.31. The highest BCUT2D eigenvalue weighted by Gasteiger charge is 2.26. The van der Waals surface area contributed by atoms with Crippen LogP contribution in [0, 0.1) is 13.8 Å². The van der Waals surface area contributed by atoms with Crippen LogP contribution in [0.5, 0.6) is 5.75 Å². The largest absolute Gasteiger partial charge is 0.481 e. The molecule has 1 aromatic heterocycles. The number of anilines is 1. The van der Waals surface area contributed by atoms with Gasteiger partial charge in [0.1, 0.15) is 11.6 Å². The average Bonchev–Trinajstić information content (AvgIpc) is 3.27. The lowest BCUT2D eigenvalue weighted by molar-refractivity contribution is -0.122. The van der Waals surface area contributed by atoms with Gasteiger partial charge in [0.2, 0.25) is 0 Å². The quantitative estimate of drug-likeness (QED) is 0.686. The average molecular weight is 394 g/mol. The van der Waals surface area contributed by atoms with Crippen molar-refractivity contribution in [2.24, 2.45) is 0 Å². The maximum Gasteiger partial charge on any atom is 0.266 e. The maximum atomic E-state index is 12.8. The van der Waals surface area contributed by atoms with Crippen molar-refractivity contribution in [3.05, 3.63) is 70.9 Å². The van der Waals surface area contributed by atoms with Crippen LogP contribution >= 0.6 is 11.8 Å².